The SMILES string of the molecule is O=c1c2ccccc2cc2nc(N3CCOCC3)c3cscc3n12. The minimum Gasteiger partial charge on any atom is -0.378 e. The number of thiophene rings is 1. The van der Waals surface area contributed by atoms with E-state index in [1.165, 1.54) is 0 Å². The summed E-state index contributed by atoms with van der Waals surface area (Å²) in [5.74, 6) is 0.948. The predicted molar refractivity (Wildman–Crippen MR) is 97.4 cm³/mol. The Bertz CT molecular complexity index is 1130. The van der Waals surface area contributed by atoms with Crippen molar-refractivity contribution in [1.29, 1.82) is 0 Å². The Morgan fingerprint density at radius 2 is 1.92 bits per heavy atom. The minimum atomic E-state index is -0.00692. The number of anilines is 1. The highest BCUT2D eigenvalue weighted by Crippen LogP contribution is 2.29. The lowest BCUT2D eigenvalue weighted by Crippen LogP contribution is -2.37. The van der Waals surface area contributed by atoms with E-state index in [4.69, 9.17) is 9.72 Å². The molecule has 5 nitrogen and oxygen atoms in total. The number of nitrogens with zero attached hydrogens (tertiary/aromatic N) is 3. The van der Waals surface area contributed by atoms with E-state index in [0.717, 1.165) is 40.6 Å². The maximum absolute atomic E-state index is 13.0. The number of hydrogen-bond donors (Lipinski definition) is 0. The van der Waals surface area contributed by atoms with Crippen LogP contribution in [0.5, 0.6) is 0 Å². The van der Waals surface area contributed by atoms with Gasteiger partial charge in [-0.05, 0) is 17.5 Å². The molecule has 4 aromatic rings. The summed E-state index contributed by atoms with van der Waals surface area (Å²) in [6, 6.07) is 9.68. The highest BCUT2D eigenvalue weighted by Gasteiger charge is 2.19. The molecule has 24 heavy (non-hydrogen) atoms. The van der Waals surface area contributed by atoms with Crippen LogP contribution in [0.4, 0.5) is 5.82 Å². The number of fused-ring (bicyclic) bond motifs is 4. The molecular formula is C18H15N3O2S. The minimum absolute atomic E-state index is 0.00692. The molecule has 0 radical (unpaired) electrons. The summed E-state index contributed by atoms with van der Waals surface area (Å²) in [6.45, 7) is 3.07. The van der Waals surface area contributed by atoms with Gasteiger partial charge in [-0.2, -0.15) is 0 Å². The Labute approximate surface area is 141 Å². The van der Waals surface area contributed by atoms with Gasteiger partial charge in [-0.15, -0.1) is 11.3 Å². The van der Waals surface area contributed by atoms with E-state index in [2.05, 4.69) is 10.3 Å². The van der Waals surface area contributed by atoms with Crippen LogP contribution in [0.25, 0.3) is 27.3 Å². The van der Waals surface area contributed by atoms with E-state index < -0.39 is 0 Å². The normalized spacial score (nSPS) is 15.6. The van der Waals surface area contributed by atoms with Gasteiger partial charge in [0.25, 0.3) is 5.56 Å². The maximum atomic E-state index is 13.0. The Morgan fingerprint density at radius 3 is 2.79 bits per heavy atom. The van der Waals surface area contributed by atoms with Crippen LogP contribution in [0.1, 0.15) is 0 Å². The van der Waals surface area contributed by atoms with Crippen molar-refractivity contribution in [2.24, 2.45) is 0 Å². The number of hydrogen-bond acceptors (Lipinski definition) is 5. The highest BCUT2D eigenvalue weighted by atomic mass is 32.1. The second kappa shape index (κ2) is 5.29. The van der Waals surface area contributed by atoms with E-state index in [1.807, 2.05) is 35.7 Å². The fourth-order valence-electron chi connectivity index (χ4n) is 3.38. The first-order chi connectivity index (χ1) is 11.8. The van der Waals surface area contributed by atoms with Crippen LogP contribution in [0, 0.1) is 0 Å². The van der Waals surface area contributed by atoms with Crippen molar-refractivity contribution >= 4 is 44.5 Å². The van der Waals surface area contributed by atoms with Crippen molar-refractivity contribution in [3.05, 3.63) is 51.4 Å². The summed E-state index contributed by atoms with van der Waals surface area (Å²) in [6.07, 6.45) is 0. The smallest absolute Gasteiger partial charge is 0.264 e. The van der Waals surface area contributed by atoms with Crippen LogP contribution in [0.2, 0.25) is 0 Å². The molecule has 1 aliphatic heterocycles. The van der Waals surface area contributed by atoms with Crippen LogP contribution in [-0.2, 0) is 4.74 Å². The predicted octanol–water partition coefficient (Wildman–Crippen LogP) is 2.90. The zero-order valence-corrected chi connectivity index (χ0v) is 13.8. The molecule has 0 aliphatic carbocycles. The third-order valence-electron chi connectivity index (χ3n) is 4.56. The van der Waals surface area contributed by atoms with Gasteiger partial charge in [0.2, 0.25) is 0 Å². The van der Waals surface area contributed by atoms with Gasteiger partial charge in [-0.25, -0.2) is 4.98 Å². The topological polar surface area (TPSA) is 46.8 Å². The van der Waals surface area contributed by atoms with Crippen molar-refractivity contribution in [3.8, 4) is 0 Å². The molecule has 4 heterocycles. The Balaban J connectivity index is 1.90. The first kappa shape index (κ1) is 13.9. The van der Waals surface area contributed by atoms with Gasteiger partial charge in [-0.1, -0.05) is 18.2 Å². The molecular weight excluding hydrogens is 322 g/mol. The molecule has 1 aliphatic rings. The summed E-state index contributed by atoms with van der Waals surface area (Å²) in [4.78, 5) is 20.1. The third kappa shape index (κ3) is 1.96. The van der Waals surface area contributed by atoms with E-state index in [-0.39, 0.29) is 5.56 Å². The van der Waals surface area contributed by atoms with Crippen molar-refractivity contribution in [3.63, 3.8) is 0 Å². The molecule has 1 fully saturated rings. The monoisotopic (exact) mass is 337 g/mol. The molecule has 1 saturated heterocycles. The molecule has 0 saturated carbocycles. The summed E-state index contributed by atoms with van der Waals surface area (Å²) in [7, 11) is 0. The Kier molecular flexibility index (Phi) is 3.08. The van der Waals surface area contributed by atoms with Crippen molar-refractivity contribution in [1.82, 2.24) is 9.38 Å². The first-order valence-electron chi connectivity index (χ1n) is 7.96. The summed E-state index contributed by atoms with van der Waals surface area (Å²) >= 11 is 1.60. The second-order valence-corrected chi connectivity index (χ2v) is 6.68. The van der Waals surface area contributed by atoms with Gasteiger partial charge in [0.1, 0.15) is 11.5 Å². The Morgan fingerprint density at radius 1 is 1.08 bits per heavy atom. The van der Waals surface area contributed by atoms with Gasteiger partial charge in [0.05, 0.1) is 24.1 Å². The zero-order valence-electron chi connectivity index (χ0n) is 12.9. The summed E-state index contributed by atoms with van der Waals surface area (Å²) < 4.78 is 7.19. The average molecular weight is 337 g/mol. The average Bonchev–Trinajstić information content (AvgIpc) is 3.11. The van der Waals surface area contributed by atoms with Crippen LogP contribution in [-0.4, -0.2) is 35.7 Å². The van der Waals surface area contributed by atoms with Crippen molar-refractivity contribution < 1.29 is 4.74 Å². The molecule has 3 aromatic heterocycles. The number of pyridine rings is 1. The maximum Gasteiger partial charge on any atom is 0.264 e. The van der Waals surface area contributed by atoms with Crippen LogP contribution < -0.4 is 10.5 Å². The molecule has 0 bridgehead atoms. The van der Waals surface area contributed by atoms with E-state index >= 15 is 0 Å². The van der Waals surface area contributed by atoms with Crippen LogP contribution in [0.15, 0.2) is 45.9 Å². The van der Waals surface area contributed by atoms with Crippen LogP contribution >= 0.6 is 11.3 Å². The first-order valence-corrected chi connectivity index (χ1v) is 8.90. The lowest BCUT2D eigenvalue weighted by atomic mass is 10.1. The Hall–Kier alpha value is -2.44. The van der Waals surface area contributed by atoms with Gasteiger partial charge < -0.3 is 9.64 Å². The molecule has 120 valence electrons. The number of rotatable bonds is 1. The number of benzene rings is 1. The summed E-state index contributed by atoms with van der Waals surface area (Å²) in [5.41, 5.74) is 1.63. The van der Waals surface area contributed by atoms with Gasteiger partial charge in [0, 0.05) is 29.2 Å². The number of aromatic nitrogens is 2. The second-order valence-electron chi connectivity index (χ2n) is 5.94. The van der Waals surface area contributed by atoms with Crippen molar-refractivity contribution in [2.75, 3.05) is 31.2 Å². The molecule has 6 heteroatoms. The zero-order chi connectivity index (χ0) is 16.1. The van der Waals surface area contributed by atoms with Gasteiger partial charge >= 0.3 is 0 Å². The van der Waals surface area contributed by atoms with E-state index in [9.17, 15) is 4.79 Å². The molecule has 5 rings (SSSR count). The van der Waals surface area contributed by atoms with Crippen LogP contribution in [0.3, 0.4) is 0 Å². The quantitative estimate of drug-likeness (QED) is 0.501. The standard InChI is InChI=1S/C18H15N3O2S/c22-18-13-4-2-1-3-12(13)9-16-19-17(20-5-7-23-8-6-20)14-10-24-11-15(14)21(16)18/h1-4,9-11H,5-8H2. The number of ether oxygens (including phenoxy) is 1. The van der Waals surface area contributed by atoms with Gasteiger partial charge in [-0.3, -0.25) is 9.20 Å². The molecule has 0 unspecified atom stereocenters. The highest BCUT2D eigenvalue weighted by molar-refractivity contribution is 7.09. The molecule has 0 atom stereocenters. The van der Waals surface area contributed by atoms with E-state index in [0.29, 0.717) is 18.9 Å². The van der Waals surface area contributed by atoms with E-state index in [1.54, 1.807) is 15.7 Å². The molecule has 1 aromatic carbocycles. The molecule has 0 amide bonds. The lowest BCUT2D eigenvalue weighted by Gasteiger charge is -2.28. The molecule has 0 N–H and O–H groups in total. The largest absolute Gasteiger partial charge is 0.378 e. The fraction of sp³-hybridized carbons (Fsp3) is 0.222. The fourth-order valence-corrected chi connectivity index (χ4v) is 4.17. The molecule has 0 spiro atoms. The van der Waals surface area contributed by atoms with Crippen molar-refractivity contribution in [2.45, 2.75) is 0 Å². The summed E-state index contributed by atoms with van der Waals surface area (Å²) in [5, 5.41) is 6.80. The number of morpholine rings is 1. The third-order valence-corrected chi connectivity index (χ3v) is 5.29. The van der Waals surface area contributed by atoms with Gasteiger partial charge in [0.15, 0.2) is 0 Å². The lowest BCUT2D eigenvalue weighted by molar-refractivity contribution is 0.122.